The van der Waals surface area contributed by atoms with Crippen LogP contribution < -0.4 is 5.32 Å². The molecule has 3 atom stereocenters. The van der Waals surface area contributed by atoms with Gasteiger partial charge in [-0.25, -0.2) is 0 Å². The smallest absolute Gasteiger partial charge is 0.0626 e. The summed E-state index contributed by atoms with van der Waals surface area (Å²) in [5, 5.41) is 13.3. The topological polar surface area (TPSA) is 32.3 Å². The predicted molar refractivity (Wildman–Crippen MR) is 80.0 cm³/mol. The maximum atomic E-state index is 9.64. The summed E-state index contributed by atoms with van der Waals surface area (Å²) in [6.07, 6.45) is 3.72. The normalized spacial score (nSPS) is 28.0. The van der Waals surface area contributed by atoms with E-state index >= 15 is 0 Å². The Balaban J connectivity index is 2.02. The molecular formula is C17H27NO. The van der Waals surface area contributed by atoms with Crippen LogP contribution in [0.1, 0.15) is 51.6 Å². The summed E-state index contributed by atoms with van der Waals surface area (Å²) in [5.41, 5.74) is 1.59. The van der Waals surface area contributed by atoms with Gasteiger partial charge >= 0.3 is 0 Å². The average Bonchev–Trinajstić information content (AvgIpc) is 2.34. The minimum absolute atomic E-state index is 0.0623. The predicted octanol–water partition coefficient (Wildman–Crippen LogP) is 3.52. The van der Waals surface area contributed by atoms with Crippen LogP contribution in [0.15, 0.2) is 30.3 Å². The summed E-state index contributed by atoms with van der Waals surface area (Å²) >= 11 is 0. The van der Waals surface area contributed by atoms with Crippen molar-refractivity contribution in [1.29, 1.82) is 0 Å². The first-order chi connectivity index (χ1) is 9.00. The van der Waals surface area contributed by atoms with E-state index < -0.39 is 0 Å². The highest BCUT2D eigenvalue weighted by Gasteiger charge is 2.32. The molecule has 2 N–H and O–H groups in total. The van der Waals surface area contributed by atoms with Crippen molar-refractivity contribution in [3.05, 3.63) is 35.9 Å². The van der Waals surface area contributed by atoms with Crippen molar-refractivity contribution < 1.29 is 5.11 Å². The Hall–Kier alpha value is -0.860. The minimum Gasteiger partial charge on any atom is -0.394 e. The molecule has 3 unspecified atom stereocenters. The molecule has 0 amide bonds. The number of rotatable bonds is 4. The lowest BCUT2D eigenvalue weighted by Gasteiger charge is -2.40. The molecule has 1 fully saturated rings. The van der Waals surface area contributed by atoms with Gasteiger partial charge in [-0.1, -0.05) is 51.1 Å². The zero-order chi connectivity index (χ0) is 13.9. The van der Waals surface area contributed by atoms with Crippen molar-refractivity contribution in [3.63, 3.8) is 0 Å². The van der Waals surface area contributed by atoms with Crippen molar-refractivity contribution in [2.45, 2.75) is 52.1 Å². The molecule has 2 rings (SSSR count). The summed E-state index contributed by atoms with van der Waals surface area (Å²) in [4.78, 5) is 0. The van der Waals surface area contributed by atoms with Crippen LogP contribution in [0, 0.1) is 11.3 Å². The van der Waals surface area contributed by atoms with E-state index in [2.05, 4.69) is 38.2 Å². The van der Waals surface area contributed by atoms with Crippen LogP contribution in [0.3, 0.4) is 0 Å². The first kappa shape index (κ1) is 14.5. The maximum Gasteiger partial charge on any atom is 0.0626 e. The van der Waals surface area contributed by atoms with E-state index in [0.29, 0.717) is 11.5 Å². The molecular weight excluding hydrogens is 234 g/mol. The van der Waals surface area contributed by atoms with Crippen molar-refractivity contribution in [2.75, 3.05) is 6.61 Å². The molecule has 2 heteroatoms. The van der Waals surface area contributed by atoms with Gasteiger partial charge in [-0.15, -0.1) is 0 Å². The number of hydrogen-bond acceptors (Lipinski definition) is 2. The fourth-order valence-corrected chi connectivity index (χ4v) is 3.70. The van der Waals surface area contributed by atoms with Crippen molar-refractivity contribution in [3.8, 4) is 0 Å². The lowest BCUT2D eigenvalue weighted by Crippen LogP contribution is -2.42. The molecule has 0 radical (unpaired) electrons. The maximum absolute atomic E-state index is 9.64. The first-order valence-electron chi connectivity index (χ1n) is 7.42. The molecule has 19 heavy (non-hydrogen) atoms. The van der Waals surface area contributed by atoms with Crippen LogP contribution in [-0.4, -0.2) is 17.8 Å². The molecule has 2 nitrogen and oxygen atoms in total. The summed E-state index contributed by atoms with van der Waals surface area (Å²) < 4.78 is 0. The first-order valence-corrected chi connectivity index (χ1v) is 7.42. The SMILES string of the molecule is CC1CC(NC(CO)c2ccccc2)CC(C)(C)C1. The molecule has 106 valence electrons. The third-order valence-corrected chi connectivity index (χ3v) is 4.21. The van der Waals surface area contributed by atoms with E-state index in [9.17, 15) is 5.11 Å². The third-order valence-electron chi connectivity index (χ3n) is 4.21. The highest BCUT2D eigenvalue weighted by molar-refractivity contribution is 5.19. The van der Waals surface area contributed by atoms with Crippen LogP contribution >= 0.6 is 0 Å². The third kappa shape index (κ3) is 4.05. The Morgan fingerprint density at radius 3 is 2.53 bits per heavy atom. The van der Waals surface area contributed by atoms with Gasteiger partial charge in [0.15, 0.2) is 0 Å². The molecule has 1 aliphatic rings. The second-order valence-electron chi connectivity index (χ2n) is 6.92. The van der Waals surface area contributed by atoms with Crippen molar-refractivity contribution >= 4 is 0 Å². The van der Waals surface area contributed by atoms with Crippen LogP contribution in [0.4, 0.5) is 0 Å². The second kappa shape index (κ2) is 6.06. The zero-order valence-corrected chi connectivity index (χ0v) is 12.4. The molecule has 1 saturated carbocycles. The number of nitrogens with one attached hydrogen (secondary N) is 1. The largest absolute Gasteiger partial charge is 0.394 e. The molecule has 0 aliphatic heterocycles. The lowest BCUT2D eigenvalue weighted by atomic mass is 9.70. The second-order valence-corrected chi connectivity index (χ2v) is 6.92. The monoisotopic (exact) mass is 261 g/mol. The molecule has 0 aromatic heterocycles. The molecule has 0 bridgehead atoms. The molecule has 1 aromatic carbocycles. The molecule has 0 spiro atoms. The Morgan fingerprint density at radius 1 is 1.26 bits per heavy atom. The van der Waals surface area contributed by atoms with Gasteiger partial charge in [-0.05, 0) is 36.2 Å². The number of aliphatic hydroxyl groups is 1. The minimum atomic E-state index is 0.0623. The van der Waals surface area contributed by atoms with E-state index in [1.165, 1.54) is 24.8 Å². The number of aliphatic hydroxyl groups excluding tert-OH is 1. The van der Waals surface area contributed by atoms with Gasteiger partial charge in [0.2, 0.25) is 0 Å². The summed E-state index contributed by atoms with van der Waals surface area (Å²) in [6.45, 7) is 7.21. The van der Waals surface area contributed by atoms with Gasteiger partial charge in [-0.3, -0.25) is 0 Å². The molecule has 0 heterocycles. The van der Waals surface area contributed by atoms with Crippen molar-refractivity contribution in [1.82, 2.24) is 5.32 Å². The lowest BCUT2D eigenvalue weighted by molar-refractivity contribution is 0.132. The van der Waals surface area contributed by atoms with Gasteiger partial charge in [0.1, 0.15) is 0 Å². The van der Waals surface area contributed by atoms with Gasteiger partial charge in [0.05, 0.1) is 12.6 Å². The van der Waals surface area contributed by atoms with Crippen molar-refractivity contribution in [2.24, 2.45) is 11.3 Å². The molecule has 0 saturated heterocycles. The van der Waals surface area contributed by atoms with E-state index in [-0.39, 0.29) is 12.6 Å². The Morgan fingerprint density at radius 2 is 1.95 bits per heavy atom. The highest BCUT2D eigenvalue weighted by atomic mass is 16.3. The Bertz CT molecular complexity index is 388. The van der Waals surface area contributed by atoms with Crippen LogP contribution in [-0.2, 0) is 0 Å². The van der Waals surface area contributed by atoms with Gasteiger partial charge in [-0.2, -0.15) is 0 Å². The standard InChI is InChI=1S/C17H27NO/c1-13-9-15(11-17(2,3)10-13)18-16(12-19)14-7-5-4-6-8-14/h4-8,13,15-16,18-19H,9-12H2,1-3H3. The van der Waals surface area contributed by atoms with Gasteiger partial charge in [0, 0.05) is 6.04 Å². The zero-order valence-electron chi connectivity index (χ0n) is 12.4. The number of benzene rings is 1. The molecule has 1 aliphatic carbocycles. The summed E-state index contributed by atoms with van der Waals surface area (Å²) in [7, 11) is 0. The van der Waals surface area contributed by atoms with E-state index in [1.54, 1.807) is 0 Å². The van der Waals surface area contributed by atoms with Crippen LogP contribution in [0.5, 0.6) is 0 Å². The van der Waals surface area contributed by atoms with E-state index in [0.717, 1.165) is 5.92 Å². The Labute approximate surface area is 117 Å². The van der Waals surface area contributed by atoms with Crippen LogP contribution in [0.25, 0.3) is 0 Å². The average molecular weight is 261 g/mol. The quantitative estimate of drug-likeness (QED) is 0.869. The highest BCUT2D eigenvalue weighted by Crippen LogP contribution is 2.39. The number of hydrogen-bond donors (Lipinski definition) is 2. The fraction of sp³-hybridized carbons (Fsp3) is 0.647. The fourth-order valence-electron chi connectivity index (χ4n) is 3.70. The van der Waals surface area contributed by atoms with Crippen LogP contribution in [0.2, 0.25) is 0 Å². The summed E-state index contributed by atoms with van der Waals surface area (Å²) in [5.74, 6) is 0.761. The van der Waals surface area contributed by atoms with Gasteiger partial charge in [0.25, 0.3) is 0 Å². The Kier molecular flexibility index (Phi) is 4.64. The summed E-state index contributed by atoms with van der Waals surface area (Å²) in [6, 6.07) is 10.8. The van der Waals surface area contributed by atoms with E-state index in [1.807, 2.05) is 18.2 Å². The van der Waals surface area contributed by atoms with E-state index in [4.69, 9.17) is 0 Å². The van der Waals surface area contributed by atoms with Gasteiger partial charge < -0.3 is 10.4 Å². The molecule has 1 aromatic rings.